The van der Waals surface area contributed by atoms with E-state index in [4.69, 9.17) is 4.74 Å². The number of nitrogens with zero attached hydrogens (tertiary/aromatic N) is 3. The van der Waals surface area contributed by atoms with E-state index in [1.165, 1.54) is 19.2 Å². The van der Waals surface area contributed by atoms with E-state index in [2.05, 4.69) is 20.5 Å². The smallest absolute Gasteiger partial charge is 0.322 e. The van der Waals surface area contributed by atoms with Crippen molar-refractivity contribution in [2.75, 3.05) is 18.6 Å². The largest absolute Gasteiger partial charge is 0.497 e. The van der Waals surface area contributed by atoms with Crippen molar-refractivity contribution in [2.45, 2.75) is 13.0 Å². The molecule has 0 unspecified atom stereocenters. The lowest BCUT2D eigenvalue weighted by atomic mass is 10.1. The summed E-state index contributed by atoms with van der Waals surface area (Å²) in [4.78, 5) is 18.7. The number of hydrogen-bond donors (Lipinski definition) is 2. The minimum absolute atomic E-state index is 0.208. The van der Waals surface area contributed by atoms with Gasteiger partial charge in [0.25, 0.3) is 0 Å². The SMILES string of the molecule is COc1cc(F)cc(CNC(=O)N2CCc3cc(-c4cn[nH]c4)ncc32)c1. The fourth-order valence-electron chi connectivity index (χ4n) is 3.16. The van der Waals surface area contributed by atoms with E-state index in [1.54, 1.807) is 29.6 Å². The molecule has 8 heteroatoms. The molecule has 2 N–H and O–H groups in total. The molecule has 0 saturated carbocycles. The number of ether oxygens (including phenoxy) is 1. The Morgan fingerprint density at radius 2 is 2.22 bits per heavy atom. The van der Waals surface area contributed by atoms with Crippen LogP contribution in [0.1, 0.15) is 11.1 Å². The van der Waals surface area contributed by atoms with E-state index < -0.39 is 5.82 Å². The number of hydrogen-bond acceptors (Lipinski definition) is 4. The van der Waals surface area contributed by atoms with Gasteiger partial charge in [-0.3, -0.25) is 15.0 Å². The van der Waals surface area contributed by atoms with Gasteiger partial charge < -0.3 is 10.1 Å². The Bertz CT molecular complexity index is 974. The first-order valence-corrected chi connectivity index (χ1v) is 8.51. The van der Waals surface area contributed by atoms with Gasteiger partial charge in [-0.05, 0) is 35.7 Å². The monoisotopic (exact) mass is 367 g/mol. The zero-order valence-electron chi connectivity index (χ0n) is 14.7. The van der Waals surface area contributed by atoms with Crippen molar-refractivity contribution < 1.29 is 13.9 Å². The number of aromatic amines is 1. The van der Waals surface area contributed by atoms with Gasteiger partial charge in [0.1, 0.15) is 11.6 Å². The summed E-state index contributed by atoms with van der Waals surface area (Å²) in [5.41, 5.74) is 4.20. The van der Waals surface area contributed by atoms with E-state index >= 15 is 0 Å². The second kappa shape index (κ2) is 7.06. The normalized spacial score (nSPS) is 12.7. The van der Waals surface area contributed by atoms with Crippen LogP contribution < -0.4 is 15.0 Å². The number of anilines is 1. The molecule has 2 aromatic heterocycles. The summed E-state index contributed by atoms with van der Waals surface area (Å²) in [6.07, 6.45) is 5.95. The van der Waals surface area contributed by atoms with Crippen molar-refractivity contribution in [1.29, 1.82) is 0 Å². The number of H-pyrrole nitrogens is 1. The van der Waals surface area contributed by atoms with E-state index in [9.17, 15) is 9.18 Å². The van der Waals surface area contributed by atoms with Crippen LogP contribution in [0.2, 0.25) is 0 Å². The predicted molar refractivity (Wildman–Crippen MR) is 98.1 cm³/mol. The molecule has 2 amide bonds. The fraction of sp³-hybridized carbons (Fsp3) is 0.211. The lowest BCUT2D eigenvalue weighted by molar-refractivity contribution is 0.246. The first-order valence-electron chi connectivity index (χ1n) is 8.51. The second-order valence-corrected chi connectivity index (χ2v) is 6.24. The number of nitrogens with one attached hydrogen (secondary N) is 2. The van der Waals surface area contributed by atoms with Gasteiger partial charge in [-0.2, -0.15) is 5.10 Å². The molecule has 0 bridgehead atoms. The first kappa shape index (κ1) is 17.0. The Kier molecular flexibility index (Phi) is 4.45. The van der Waals surface area contributed by atoms with Crippen molar-refractivity contribution in [1.82, 2.24) is 20.5 Å². The molecular formula is C19H18FN5O2. The highest BCUT2D eigenvalue weighted by molar-refractivity contribution is 5.94. The summed E-state index contributed by atoms with van der Waals surface area (Å²) in [7, 11) is 1.48. The van der Waals surface area contributed by atoms with Crippen molar-refractivity contribution >= 4 is 11.7 Å². The van der Waals surface area contributed by atoms with Crippen molar-refractivity contribution in [3.8, 4) is 17.0 Å². The Balaban J connectivity index is 1.46. The zero-order valence-corrected chi connectivity index (χ0v) is 14.7. The van der Waals surface area contributed by atoms with Gasteiger partial charge in [-0.15, -0.1) is 0 Å². The van der Waals surface area contributed by atoms with Crippen LogP contribution in [-0.2, 0) is 13.0 Å². The molecule has 0 atom stereocenters. The van der Waals surface area contributed by atoms with Crippen molar-refractivity contribution in [2.24, 2.45) is 0 Å². The topological polar surface area (TPSA) is 83.1 Å². The van der Waals surface area contributed by atoms with Gasteiger partial charge in [0, 0.05) is 30.9 Å². The number of urea groups is 1. The van der Waals surface area contributed by atoms with Crippen LogP contribution in [0.15, 0.2) is 42.9 Å². The summed E-state index contributed by atoms with van der Waals surface area (Å²) in [6, 6.07) is 6.10. The maximum absolute atomic E-state index is 13.6. The van der Waals surface area contributed by atoms with Gasteiger partial charge in [0.05, 0.1) is 30.9 Å². The van der Waals surface area contributed by atoms with Crippen LogP contribution in [0.25, 0.3) is 11.3 Å². The Morgan fingerprint density at radius 3 is 3.00 bits per heavy atom. The van der Waals surface area contributed by atoms with Crippen molar-refractivity contribution in [3.63, 3.8) is 0 Å². The van der Waals surface area contributed by atoms with E-state index in [-0.39, 0.29) is 12.6 Å². The maximum Gasteiger partial charge on any atom is 0.322 e. The lowest BCUT2D eigenvalue weighted by Crippen LogP contribution is -2.38. The molecule has 0 fully saturated rings. The molecule has 1 aromatic carbocycles. The number of aromatic nitrogens is 3. The number of carbonyl (C=O) groups is 1. The van der Waals surface area contributed by atoms with Gasteiger partial charge in [0.2, 0.25) is 0 Å². The molecule has 27 heavy (non-hydrogen) atoms. The molecule has 7 nitrogen and oxygen atoms in total. The van der Waals surface area contributed by atoms with Gasteiger partial charge in [-0.25, -0.2) is 9.18 Å². The van der Waals surface area contributed by atoms with E-state index in [1.807, 2.05) is 6.07 Å². The number of rotatable bonds is 4. The number of pyridine rings is 1. The third-order valence-corrected chi connectivity index (χ3v) is 4.51. The molecular weight excluding hydrogens is 349 g/mol. The number of halogens is 1. The number of benzene rings is 1. The highest BCUT2D eigenvalue weighted by Gasteiger charge is 2.25. The van der Waals surface area contributed by atoms with Crippen LogP contribution in [0.5, 0.6) is 5.75 Å². The molecule has 0 spiro atoms. The zero-order chi connectivity index (χ0) is 18.8. The Labute approximate surface area is 155 Å². The summed E-state index contributed by atoms with van der Waals surface area (Å²) in [5, 5.41) is 9.52. The molecule has 0 radical (unpaired) electrons. The predicted octanol–water partition coefficient (Wildman–Crippen LogP) is 2.89. The maximum atomic E-state index is 13.6. The number of amides is 2. The van der Waals surface area contributed by atoms with Crippen molar-refractivity contribution in [3.05, 3.63) is 59.8 Å². The number of methoxy groups -OCH3 is 1. The summed E-state index contributed by atoms with van der Waals surface area (Å²) in [5.74, 6) is 0.0165. The summed E-state index contributed by atoms with van der Waals surface area (Å²) in [6.45, 7) is 0.781. The Hall–Kier alpha value is -3.42. The highest BCUT2D eigenvalue weighted by atomic mass is 19.1. The third-order valence-electron chi connectivity index (χ3n) is 4.51. The van der Waals surface area contributed by atoms with Crippen LogP contribution >= 0.6 is 0 Å². The van der Waals surface area contributed by atoms with Crippen LogP contribution in [0.4, 0.5) is 14.9 Å². The Morgan fingerprint density at radius 1 is 1.33 bits per heavy atom. The fourth-order valence-corrected chi connectivity index (χ4v) is 3.16. The molecule has 1 aliphatic heterocycles. The summed E-state index contributed by atoms with van der Waals surface area (Å²) < 4.78 is 18.6. The van der Waals surface area contributed by atoms with Gasteiger partial charge >= 0.3 is 6.03 Å². The minimum Gasteiger partial charge on any atom is -0.497 e. The third kappa shape index (κ3) is 3.46. The molecule has 0 aliphatic carbocycles. The molecule has 3 heterocycles. The van der Waals surface area contributed by atoms with Crippen LogP contribution in [-0.4, -0.2) is 34.9 Å². The van der Waals surface area contributed by atoms with E-state index in [0.717, 1.165) is 28.9 Å². The molecule has 138 valence electrons. The number of carbonyl (C=O) groups excluding carboxylic acids is 1. The first-order chi connectivity index (χ1) is 13.1. The molecule has 1 aliphatic rings. The minimum atomic E-state index is -0.402. The second-order valence-electron chi connectivity index (χ2n) is 6.24. The van der Waals surface area contributed by atoms with Gasteiger partial charge in [0.15, 0.2) is 0 Å². The number of fused-ring (bicyclic) bond motifs is 1. The van der Waals surface area contributed by atoms with Crippen LogP contribution in [0, 0.1) is 5.82 Å². The lowest BCUT2D eigenvalue weighted by Gasteiger charge is -2.18. The average molecular weight is 367 g/mol. The quantitative estimate of drug-likeness (QED) is 0.743. The molecule has 4 rings (SSSR count). The highest BCUT2D eigenvalue weighted by Crippen LogP contribution is 2.30. The van der Waals surface area contributed by atoms with Crippen LogP contribution in [0.3, 0.4) is 0 Å². The standard InChI is InChI=1S/C19H18FN5O2/c1-27-16-5-12(4-15(20)7-16)8-22-19(26)25-3-2-13-6-17(21-11-18(13)25)14-9-23-24-10-14/h4-7,9-11H,2-3,8H2,1H3,(H,22,26)(H,23,24). The summed E-state index contributed by atoms with van der Waals surface area (Å²) >= 11 is 0. The average Bonchev–Trinajstić information content (AvgIpc) is 3.34. The van der Waals surface area contributed by atoms with E-state index in [0.29, 0.717) is 17.9 Å². The van der Waals surface area contributed by atoms with Gasteiger partial charge in [-0.1, -0.05) is 0 Å². The molecule has 3 aromatic rings. The molecule has 0 saturated heterocycles.